The third kappa shape index (κ3) is 18.8. The SMILES string of the molecule is O=C([O-])/C=C/C=C/C=C/C=C/C(=O)[O-].[Li+].[Li+]. The van der Waals surface area contributed by atoms with Gasteiger partial charge in [0.1, 0.15) is 0 Å². The Morgan fingerprint density at radius 1 is 0.625 bits per heavy atom. The Hall–Kier alpha value is -0.905. The average Bonchev–Trinajstić information content (AvgIpc) is 2.08. The zero-order valence-electron chi connectivity index (χ0n) is 9.25. The summed E-state index contributed by atoms with van der Waals surface area (Å²) < 4.78 is 0. The molecule has 0 fully saturated rings. The molecule has 0 bridgehead atoms. The molecule has 0 saturated carbocycles. The van der Waals surface area contributed by atoms with Crippen LogP contribution in [0.1, 0.15) is 0 Å². The van der Waals surface area contributed by atoms with E-state index in [1.807, 2.05) is 0 Å². The van der Waals surface area contributed by atoms with Crippen molar-refractivity contribution in [2.75, 3.05) is 0 Å². The van der Waals surface area contributed by atoms with E-state index < -0.39 is 11.9 Å². The first kappa shape index (κ1) is 20.5. The molecule has 6 heteroatoms. The number of rotatable bonds is 5. The third-order valence-electron chi connectivity index (χ3n) is 1.02. The normalized spacial score (nSPS) is 10.8. The molecule has 0 aromatic carbocycles. The van der Waals surface area contributed by atoms with Crippen LogP contribution in [0.3, 0.4) is 0 Å². The van der Waals surface area contributed by atoms with Gasteiger partial charge in [-0.25, -0.2) is 0 Å². The Labute approximate surface area is 118 Å². The zero-order chi connectivity index (χ0) is 10.8. The van der Waals surface area contributed by atoms with Gasteiger partial charge in [0.05, 0.1) is 11.9 Å². The van der Waals surface area contributed by atoms with Gasteiger partial charge in [-0.15, -0.1) is 0 Å². The van der Waals surface area contributed by atoms with Gasteiger partial charge in [-0.2, -0.15) is 0 Å². The Morgan fingerprint density at radius 2 is 0.875 bits per heavy atom. The van der Waals surface area contributed by atoms with E-state index in [4.69, 9.17) is 0 Å². The molecule has 0 unspecified atom stereocenters. The molecular weight excluding hydrogens is 198 g/mol. The Bertz CT molecular complexity index is 285. The molecule has 0 spiro atoms. The quantitative estimate of drug-likeness (QED) is 0.254. The molecule has 0 aliphatic rings. The standard InChI is InChI=1S/C10H10O4.2Li/c11-9(12)7-5-3-1-2-4-6-8-10(13)14;;/h1-8H,(H,11,12)(H,13,14);;/q;2*+1/p-2/b3-1+,4-2+,7-5+,8-6+;;. The molecule has 0 saturated heterocycles. The smallest absolute Gasteiger partial charge is 0.545 e. The van der Waals surface area contributed by atoms with Gasteiger partial charge in [0.15, 0.2) is 0 Å². The molecule has 0 N–H and O–H groups in total. The molecular formula is C10H8Li2O4. The second-order valence-corrected chi connectivity index (χ2v) is 2.13. The van der Waals surface area contributed by atoms with E-state index in [9.17, 15) is 19.8 Å². The minimum absolute atomic E-state index is 0. The van der Waals surface area contributed by atoms with Gasteiger partial charge in [-0.1, -0.05) is 36.5 Å². The third-order valence-corrected chi connectivity index (χ3v) is 1.02. The van der Waals surface area contributed by atoms with Crippen molar-refractivity contribution in [2.24, 2.45) is 0 Å². The number of carbonyl (C=O) groups is 2. The van der Waals surface area contributed by atoms with Crippen molar-refractivity contribution >= 4 is 11.9 Å². The van der Waals surface area contributed by atoms with E-state index in [0.29, 0.717) is 0 Å². The van der Waals surface area contributed by atoms with Crippen LogP contribution >= 0.6 is 0 Å². The van der Waals surface area contributed by atoms with Crippen molar-refractivity contribution in [2.45, 2.75) is 0 Å². The minimum Gasteiger partial charge on any atom is -0.545 e. The van der Waals surface area contributed by atoms with Crippen molar-refractivity contribution < 1.29 is 57.5 Å². The van der Waals surface area contributed by atoms with Gasteiger partial charge in [0.2, 0.25) is 0 Å². The van der Waals surface area contributed by atoms with E-state index in [1.54, 1.807) is 12.2 Å². The van der Waals surface area contributed by atoms with Crippen LogP contribution in [0.25, 0.3) is 0 Å². The number of carbonyl (C=O) groups excluding carboxylic acids is 2. The van der Waals surface area contributed by atoms with Crippen LogP contribution in [0.5, 0.6) is 0 Å². The largest absolute Gasteiger partial charge is 1.00 e. The van der Waals surface area contributed by atoms with Crippen molar-refractivity contribution in [1.29, 1.82) is 0 Å². The number of hydrogen-bond acceptors (Lipinski definition) is 4. The predicted octanol–water partition coefficient (Wildman–Crippen LogP) is -7.28. The summed E-state index contributed by atoms with van der Waals surface area (Å²) >= 11 is 0. The van der Waals surface area contributed by atoms with Gasteiger partial charge < -0.3 is 19.8 Å². The Morgan fingerprint density at radius 3 is 1.12 bits per heavy atom. The minimum atomic E-state index is -1.27. The van der Waals surface area contributed by atoms with Crippen LogP contribution in [-0.2, 0) is 9.59 Å². The molecule has 0 aliphatic carbocycles. The topological polar surface area (TPSA) is 80.3 Å². The summed E-state index contributed by atoms with van der Waals surface area (Å²) in [6.45, 7) is 0. The van der Waals surface area contributed by atoms with Gasteiger partial charge >= 0.3 is 37.7 Å². The van der Waals surface area contributed by atoms with E-state index in [-0.39, 0.29) is 37.7 Å². The summed E-state index contributed by atoms with van der Waals surface area (Å²) in [5.41, 5.74) is 0. The molecule has 16 heavy (non-hydrogen) atoms. The van der Waals surface area contributed by atoms with Gasteiger partial charge in [-0.05, 0) is 12.2 Å². The molecule has 0 aromatic heterocycles. The second kappa shape index (κ2) is 14.1. The van der Waals surface area contributed by atoms with Crippen LogP contribution < -0.4 is 47.9 Å². The maximum absolute atomic E-state index is 9.88. The molecule has 4 nitrogen and oxygen atoms in total. The van der Waals surface area contributed by atoms with Crippen molar-refractivity contribution in [3.8, 4) is 0 Å². The van der Waals surface area contributed by atoms with Crippen molar-refractivity contribution in [3.05, 3.63) is 48.6 Å². The summed E-state index contributed by atoms with van der Waals surface area (Å²) in [7, 11) is 0. The van der Waals surface area contributed by atoms with E-state index in [2.05, 4.69) is 0 Å². The molecule has 0 radical (unpaired) electrons. The molecule has 0 heterocycles. The first-order valence-corrected chi connectivity index (χ1v) is 3.73. The summed E-state index contributed by atoms with van der Waals surface area (Å²) in [5.74, 6) is -2.54. The number of aliphatic carboxylic acids is 2. The number of carboxylic acids is 2. The fraction of sp³-hybridized carbons (Fsp3) is 0. The maximum atomic E-state index is 9.88. The number of hydrogen-bond donors (Lipinski definition) is 0. The first-order chi connectivity index (χ1) is 6.63. The monoisotopic (exact) mass is 206 g/mol. The van der Waals surface area contributed by atoms with Gasteiger partial charge in [0.25, 0.3) is 0 Å². The van der Waals surface area contributed by atoms with Crippen LogP contribution in [0.2, 0.25) is 0 Å². The molecule has 0 atom stereocenters. The van der Waals surface area contributed by atoms with Gasteiger partial charge in [-0.3, -0.25) is 0 Å². The predicted molar refractivity (Wildman–Crippen MR) is 46.6 cm³/mol. The van der Waals surface area contributed by atoms with Crippen LogP contribution in [-0.4, -0.2) is 11.9 Å². The molecule has 74 valence electrons. The second-order valence-electron chi connectivity index (χ2n) is 2.13. The number of carboxylic acid groups (broad SMARTS) is 2. The van der Waals surface area contributed by atoms with Crippen LogP contribution in [0.15, 0.2) is 48.6 Å². The van der Waals surface area contributed by atoms with Crippen LogP contribution in [0, 0.1) is 0 Å². The fourth-order valence-corrected chi connectivity index (χ4v) is 0.525. The van der Waals surface area contributed by atoms with Crippen molar-refractivity contribution in [3.63, 3.8) is 0 Å². The average molecular weight is 206 g/mol. The molecule has 0 aliphatic heterocycles. The molecule has 0 amide bonds. The Kier molecular flexibility index (Phi) is 18.1. The number of allylic oxidation sites excluding steroid dienone is 6. The summed E-state index contributed by atoms with van der Waals surface area (Å²) in [5, 5.41) is 19.8. The van der Waals surface area contributed by atoms with Crippen LogP contribution in [0.4, 0.5) is 0 Å². The summed E-state index contributed by atoms with van der Waals surface area (Å²) in [6.07, 6.45) is 10.4. The fourth-order valence-electron chi connectivity index (χ4n) is 0.525. The van der Waals surface area contributed by atoms with E-state index in [1.165, 1.54) is 24.3 Å². The molecule has 0 aromatic rings. The van der Waals surface area contributed by atoms with Gasteiger partial charge in [0, 0.05) is 0 Å². The van der Waals surface area contributed by atoms with Crippen molar-refractivity contribution in [1.82, 2.24) is 0 Å². The zero-order valence-corrected chi connectivity index (χ0v) is 9.25. The van der Waals surface area contributed by atoms with E-state index in [0.717, 1.165) is 12.2 Å². The maximum Gasteiger partial charge on any atom is 1.00 e. The Balaban J connectivity index is -0.000000845. The van der Waals surface area contributed by atoms with E-state index >= 15 is 0 Å². The first-order valence-electron chi connectivity index (χ1n) is 3.73. The summed E-state index contributed by atoms with van der Waals surface area (Å²) in [4.78, 5) is 19.8. The molecule has 0 rings (SSSR count). The summed E-state index contributed by atoms with van der Waals surface area (Å²) in [6, 6.07) is 0.